The minimum atomic E-state index is -1.83. The summed E-state index contributed by atoms with van der Waals surface area (Å²) in [7, 11) is -0.365. The van der Waals surface area contributed by atoms with Gasteiger partial charge in [0.15, 0.2) is 8.32 Å². The van der Waals surface area contributed by atoms with E-state index in [2.05, 4.69) is 62.1 Å². The zero-order valence-electron chi connectivity index (χ0n) is 28.4. The second-order valence-electron chi connectivity index (χ2n) is 14.3. The Morgan fingerprint density at radius 3 is 2.46 bits per heavy atom. The molecule has 0 bridgehead atoms. The molecule has 1 aliphatic heterocycles. The Balaban J connectivity index is 1.43. The van der Waals surface area contributed by atoms with E-state index in [4.69, 9.17) is 9.16 Å². The summed E-state index contributed by atoms with van der Waals surface area (Å²) >= 11 is 2.88. The maximum atomic E-state index is 13.3. The van der Waals surface area contributed by atoms with Crippen LogP contribution in [0.4, 0.5) is 5.69 Å². The summed E-state index contributed by atoms with van der Waals surface area (Å²) in [6.07, 6.45) is 5.97. The number of anilines is 1. The third-order valence-electron chi connectivity index (χ3n) is 10.2. The van der Waals surface area contributed by atoms with Gasteiger partial charge in [-0.1, -0.05) is 58.2 Å². The highest BCUT2D eigenvalue weighted by Crippen LogP contribution is 2.44. The zero-order valence-corrected chi connectivity index (χ0v) is 31.0. The van der Waals surface area contributed by atoms with Gasteiger partial charge in [0.05, 0.1) is 12.6 Å². The molecular formula is C36H49N3O4S2Si. The minimum Gasteiger partial charge on any atom is -0.465 e. The number of aromatic nitrogens is 1. The van der Waals surface area contributed by atoms with Crippen LogP contribution in [0.3, 0.4) is 0 Å². The monoisotopic (exact) mass is 679 g/mol. The summed E-state index contributed by atoms with van der Waals surface area (Å²) in [5.41, 5.74) is 7.59. The van der Waals surface area contributed by atoms with E-state index in [-0.39, 0.29) is 16.9 Å². The zero-order chi connectivity index (χ0) is 33.1. The van der Waals surface area contributed by atoms with Gasteiger partial charge in [-0.15, -0.1) is 22.7 Å². The molecule has 1 saturated carbocycles. The van der Waals surface area contributed by atoms with Crippen LogP contribution in [0.25, 0.3) is 16.0 Å². The van der Waals surface area contributed by atoms with Crippen LogP contribution in [0.5, 0.6) is 0 Å². The minimum absolute atomic E-state index is 0.179. The third-order valence-corrected chi connectivity index (χ3v) is 16.5. The average Bonchev–Trinajstić information content (AvgIpc) is 3.72. The number of hydrogen-bond donors (Lipinski definition) is 1. The quantitative estimate of drug-likeness (QED) is 0.170. The second kappa shape index (κ2) is 14.6. The first kappa shape index (κ1) is 34.7. The van der Waals surface area contributed by atoms with E-state index in [1.807, 2.05) is 24.3 Å². The average molecular weight is 680 g/mol. The Labute approximate surface area is 283 Å². The van der Waals surface area contributed by atoms with Crippen molar-refractivity contribution in [2.45, 2.75) is 77.9 Å². The number of thiophene rings is 1. The molecule has 248 valence electrons. The van der Waals surface area contributed by atoms with Gasteiger partial charge >= 0.3 is 5.97 Å². The first-order valence-electron chi connectivity index (χ1n) is 16.5. The molecule has 10 heteroatoms. The molecular weight excluding hydrogens is 631 g/mol. The first-order chi connectivity index (χ1) is 21.9. The Kier molecular flexibility index (Phi) is 11.0. The number of ether oxygens (including phenoxy) is 1. The van der Waals surface area contributed by atoms with E-state index in [1.54, 1.807) is 10.9 Å². The second-order valence-corrected chi connectivity index (χ2v) is 20.9. The summed E-state index contributed by atoms with van der Waals surface area (Å²) in [4.78, 5) is 34.0. The molecule has 2 aliphatic rings. The largest absolute Gasteiger partial charge is 0.465 e. The van der Waals surface area contributed by atoms with Crippen LogP contribution < -0.4 is 5.32 Å². The van der Waals surface area contributed by atoms with Gasteiger partial charge in [0.25, 0.3) is 5.91 Å². The predicted octanol–water partition coefficient (Wildman–Crippen LogP) is 9.22. The number of rotatable bonds is 10. The topological polar surface area (TPSA) is 80.8 Å². The number of hydrogen-bond acceptors (Lipinski definition) is 8. The number of carbonyl (C=O) groups excluding carboxylic acids is 2. The highest BCUT2D eigenvalue weighted by molar-refractivity contribution is 7.17. The lowest BCUT2D eigenvalue weighted by Gasteiger charge is -2.39. The molecule has 46 heavy (non-hydrogen) atoms. The maximum absolute atomic E-state index is 13.3. The Bertz CT molecular complexity index is 1530. The van der Waals surface area contributed by atoms with Gasteiger partial charge in [0.1, 0.15) is 10.6 Å². The van der Waals surface area contributed by atoms with E-state index in [0.717, 1.165) is 54.6 Å². The lowest BCUT2D eigenvalue weighted by Crippen LogP contribution is -2.43. The summed E-state index contributed by atoms with van der Waals surface area (Å²) in [5.74, 6) is 0.821. The summed E-state index contributed by atoms with van der Waals surface area (Å²) in [5, 5.41) is 4.83. The van der Waals surface area contributed by atoms with Crippen molar-refractivity contribution in [1.82, 2.24) is 9.88 Å². The van der Waals surface area contributed by atoms with E-state index in [1.165, 1.54) is 66.6 Å². The fraction of sp³-hybridized carbons (Fsp3) is 0.528. The fourth-order valence-corrected chi connectivity index (χ4v) is 8.90. The number of esters is 1. The number of benzene rings is 1. The van der Waals surface area contributed by atoms with Crippen LogP contribution in [-0.4, -0.2) is 63.4 Å². The van der Waals surface area contributed by atoms with Crippen molar-refractivity contribution in [3.05, 3.63) is 62.9 Å². The van der Waals surface area contributed by atoms with E-state index < -0.39 is 8.32 Å². The van der Waals surface area contributed by atoms with Crippen LogP contribution >= 0.6 is 22.7 Å². The van der Waals surface area contributed by atoms with Crippen LogP contribution in [-0.2, 0) is 9.16 Å². The first-order valence-corrected chi connectivity index (χ1v) is 21.1. The molecule has 1 aliphatic carbocycles. The lowest BCUT2D eigenvalue weighted by molar-refractivity contribution is 0.0605. The smallest absolute Gasteiger partial charge is 0.348 e. The number of nitrogens with one attached hydrogen (secondary N) is 1. The van der Waals surface area contributed by atoms with Crippen LogP contribution in [0, 0.1) is 11.8 Å². The summed E-state index contributed by atoms with van der Waals surface area (Å²) in [6, 6.07) is 9.98. The SMILES string of the molecule is COC(=O)c1sc(-c2ccc(NC(=O)c3cscn3)cc2)cc1C1=C(C2CCC(C)CC2)CCN(CCO[Si](C)(C)C(C)(C)C)C1. The molecule has 0 spiro atoms. The van der Waals surface area contributed by atoms with Gasteiger partial charge in [-0.3, -0.25) is 9.69 Å². The van der Waals surface area contributed by atoms with E-state index in [9.17, 15) is 9.59 Å². The highest BCUT2D eigenvalue weighted by Gasteiger charge is 2.37. The van der Waals surface area contributed by atoms with Crippen LogP contribution in [0.15, 0.2) is 46.8 Å². The van der Waals surface area contributed by atoms with Crippen LogP contribution in [0.1, 0.15) is 85.5 Å². The molecule has 1 fully saturated rings. The van der Waals surface area contributed by atoms with Gasteiger partial charge in [0, 0.05) is 47.7 Å². The van der Waals surface area contributed by atoms with Crippen LogP contribution in [0.2, 0.25) is 18.1 Å². The fourth-order valence-electron chi connectivity index (χ4n) is 6.23. The Morgan fingerprint density at radius 1 is 1.11 bits per heavy atom. The molecule has 7 nitrogen and oxygen atoms in total. The molecule has 5 rings (SSSR count). The van der Waals surface area contributed by atoms with Gasteiger partial charge in [-0.2, -0.15) is 0 Å². The number of thiazole rings is 1. The number of amides is 1. The molecule has 0 saturated heterocycles. The molecule has 1 N–H and O–H groups in total. The maximum Gasteiger partial charge on any atom is 0.348 e. The predicted molar refractivity (Wildman–Crippen MR) is 193 cm³/mol. The van der Waals surface area contributed by atoms with Crippen molar-refractivity contribution in [1.29, 1.82) is 0 Å². The number of methoxy groups -OCH3 is 1. The standard InChI is InChI=1S/C36H49N3O4S2Si/c1-24-8-10-25(11-9-24)28-16-17-39(18-19-43-46(6,7)36(2,3)4)21-30(28)29-20-32(45-33(29)35(41)42-5)26-12-14-27(15-13-26)38-34(40)31-22-44-23-37-31/h12-15,20,22-25H,8-11,16-19,21H2,1-7H3,(H,38,40). The molecule has 1 aromatic carbocycles. The van der Waals surface area contributed by atoms with Crippen molar-refractivity contribution in [3.63, 3.8) is 0 Å². The number of carbonyl (C=O) groups is 2. The summed E-state index contributed by atoms with van der Waals surface area (Å²) in [6.45, 7) is 17.3. The van der Waals surface area contributed by atoms with Gasteiger partial charge in [-0.25, -0.2) is 9.78 Å². The van der Waals surface area contributed by atoms with Crippen molar-refractivity contribution in [3.8, 4) is 10.4 Å². The lowest BCUT2D eigenvalue weighted by atomic mass is 9.75. The third kappa shape index (κ3) is 8.07. The molecule has 0 atom stereocenters. The Morgan fingerprint density at radius 2 is 1.83 bits per heavy atom. The van der Waals surface area contributed by atoms with Crippen molar-refractivity contribution < 1.29 is 18.8 Å². The molecule has 1 amide bonds. The molecule has 3 aromatic rings. The van der Waals surface area contributed by atoms with Crippen molar-refractivity contribution >= 4 is 54.1 Å². The van der Waals surface area contributed by atoms with Crippen molar-refractivity contribution in [2.75, 3.05) is 38.7 Å². The Hall–Kier alpha value is -2.63. The molecule has 0 unspecified atom stereocenters. The molecule has 0 radical (unpaired) electrons. The highest BCUT2D eigenvalue weighted by atomic mass is 32.1. The van der Waals surface area contributed by atoms with E-state index >= 15 is 0 Å². The normalized spacial score (nSPS) is 19.7. The van der Waals surface area contributed by atoms with Gasteiger partial charge in [0.2, 0.25) is 0 Å². The van der Waals surface area contributed by atoms with E-state index in [0.29, 0.717) is 22.2 Å². The number of nitrogens with zero attached hydrogens (tertiary/aromatic N) is 2. The summed E-state index contributed by atoms with van der Waals surface area (Å²) < 4.78 is 11.9. The van der Waals surface area contributed by atoms with Gasteiger partial charge < -0.3 is 14.5 Å². The molecule has 2 aromatic heterocycles. The van der Waals surface area contributed by atoms with Crippen molar-refractivity contribution in [2.24, 2.45) is 11.8 Å². The van der Waals surface area contributed by atoms with Gasteiger partial charge in [-0.05, 0) is 78.6 Å². The molecule has 3 heterocycles.